The van der Waals surface area contributed by atoms with E-state index < -0.39 is 41.8 Å². The molecule has 5 N–H and O–H groups in total. The van der Waals surface area contributed by atoms with Crippen LogP contribution < -0.4 is 11.1 Å². The minimum Gasteiger partial charge on any atom is -0.392 e. The number of aliphatic hydroxyl groups excluding tert-OH is 1. The molecule has 0 spiro atoms. The first-order valence-electron chi connectivity index (χ1n) is 12.4. The summed E-state index contributed by atoms with van der Waals surface area (Å²) in [5, 5.41) is 13.0. The van der Waals surface area contributed by atoms with Crippen molar-refractivity contribution < 1.29 is 27.5 Å². The Labute approximate surface area is 226 Å². The molecule has 204 valence electrons. The first-order valence-corrected chi connectivity index (χ1v) is 12.4. The number of fused-ring (bicyclic) bond motifs is 1. The highest BCUT2D eigenvalue weighted by Crippen LogP contribution is 2.32. The Morgan fingerprint density at radius 1 is 0.925 bits per heavy atom. The highest BCUT2D eigenvalue weighted by atomic mass is 19.1. The molecular formula is C30H24F4N4O2. The van der Waals surface area contributed by atoms with Crippen molar-refractivity contribution in [3.05, 3.63) is 119 Å². The molecule has 3 aromatic carbocycles. The zero-order valence-corrected chi connectivity index (χ0v) is 21.0. The Morgan fingerprint density at radius 3 is 2.45 bits per heavy atom. The molecule has 1 unspecified atom stereocenters. The summed E-state index contributed by atoms with van der Waals surface area (Å²) in [5.74, 6) is -2.95. The van der Waals surface area contributed by atoms with Crippen LogP contribution in [0.1, 0.15) is 28.4 Å². The van der Waals surface area contributed by atoms with Crippen molar-refractivity contribution in [3.8, 4) is 11.1 Å². The van der Waals surface area contributed by atoms with Crippen LogP contribution in [0.5, 0.6) is 0 Å². The topological polar surface area (TPSA) is 104 Å². The Morgan fingerprint density at radius 2 is 1.70 bits per heavy atom. The number of hydrogen-bond acceptors (Lipinski definition) is 4. The molecule has 40 heavy (non-hydrogen) atoms. The van der Waals surface area contributed by atoms with Gasteiger partial charge in [-0.3, -0.25) is 4.79 Å². The first kappa shape index (κ1) is 26.9. The Balaban J connectivity index is 1.54. The molecule has 2 heterocycles. The standard InChI is InChI=1S/C30H24F4N4O2/c31-20-2-5-26-24(13-20)18(14-36-26)11-29(40)37-27(9-16-7-21(32)12-22(33)8-16)30-23(3-6-28(35)38-30)17-1-4-25(34)19(10-17)15-39/h1-8,10,12-14,27,36,39H,9,11,15H2,(H2,35,38)(H,37,40). The van der Waals surface area contributed by atoms with Crippen molar-refractivity contribution >= 4 is 22.6 Å². The fraction of sp³-hybridized carbons (Fsp3) is 0.133. The number of aromatic nitrogens is 2. The number of carbonyl (C=O) groups excluding carboxylic acids is 1. The molecule has 0 saturated carbocycles. The maximum absolute atomic E-state index is 14.1. The summed E-state index contributed by atoms with van der Waals surface area (Å²) in [6.07, 6.45) is 1.43. The van der Waals surface area contributed by atoms with Gasteiger partial charge in [-0.25, -0.2) is 22.5 Å². The molecule has 1 amide bonds. The lowest BCUT2D eigenvalue weighted by Gasteiger charge is -2.22. The summed E-state index contributed by atoms with van der Waals surface area (Å²) in [6.45, 7) is -0.536. The maximum atomic E-state index is 14.1. The van der Waals surface area contributed by atoms with E-state index in [4.69, 9.17) is 5.73 Å². The van der Waals surface area contributed by atoms with Crippen molar-refractivity contribution in [2.75, 3.05) is 5.73 Å². The Hall–Kier alpha value is -4.70. The highest BCUT2D eigenvalue weighted by molar-refractivity contribution is 5.89. The number of rotatable bonds is 8. The van der Waals surface area contributed by atoms with Crippen molar-refractivity contribution in [2.24, 2.45) is 0 Å². The monoisotopic (exact) mass is 548 g/mol. The van der Waals surface area contributed by atoms with Gasteiger partial charge in [-0.1, -0.05) is 6.07 Å². The molecule has 0 aliphatic rings. The Bertz CT molecular complexity index is 1700. The lowest BCUT2D eigenvalue weighted by Crippen LogP contribution is -2.32. The van der Waals surface area contributed by atoms with Crippen LogP contribution in [0.25, 0.3) is 22.0 Å². The third-order valence-corrected chi connectivity index (χ3v) is 6.58. The first-order chi connectivity index (χ1) is 19.2. The number of nitrogens with two attached hydrogens (primary N) is 1. The number of aromatic amines is 1. The van der Waals surface area contributed by atoms with E-state index in [2.05, 4.69) is 15.3 Å². The Kier molecular flexibility index (Phi) is 7.52. The van der Waals surface area contributed by atoms with Crippen LogP contribution in [0.2, 0.25) is 0 Å². The number of aliphatic hydroxyl groups is 1. The summed E-state index contributed by atoms with van der Waals surface area (Å²) in [7, 11) is 0. The average Bonchev–Trinajstić information content (AvgIpc) is 3.29. The van der Waals surface area contributed by atoms with Gasteiger partial charge in [0, 0.05) is 34.3 Å². The van der Waals surface area contributed by atoms with Crippen LogP contribution in [0.4, 0.5) is 23.4 Å². The smallest absolute Gasteiger partial charge is 0.225 e. The van der Waals surface area contributed by atoms with Gasteiger partial charge in [0.1, 0.15) is 29.1 Å². The third-order valence-electron chi connectivity index (χ3n) is 6.58. The second-order valence-electron chi connectivity index (χ2n) is 9.42. The largest absolute Gasteiger partial charge is 0.392 e. The number of nitrogen functional groups attached to an aromatic ring is 1. The van der Waals surface area contributed by atoms with Crippen molar-refractivity contribution in [3.63, 3.8) is 0 Å². The third kappa shape index (κ3) is 5.81. The quantitative estimate of drug-likeness (QED) is 0.192. The SMILES string of the molecule is Nc1ccc(-c2ccc(F)c(CO)c2)c(C(Cc2cc(F)cc(F)c2)NC(=O)Cc2c[nH]c3ccc(F)cc23)n1. The number of carbonyl (C=O) groups is 1. The maximum Gasteiger partial charge on any atom is 0.225 e. The number of nitrogens with one attached hydrogen (secondary N) is 2. The van der Waals surface area contributed by atoms with Gasteiger partial charge in [-0.2, -0.15) is 0 Å². The minimum atomic E-state index is -0.920. The molecule has 0 saturated heterocycles. The molecule has 0 aliphatic heterocycles. The second kappa shape index (κ2) is 11.2. The van der Waals surface area contributed by atoms with Crippen molar-refractivity contribution in [1.82, 2.24) is 15.3 Å². The molecule has 5 rings (SSSR count). The minimum absolute atomic E-state index is 0.0551. The normalized spacial score (nSPS) is 12.0. The summed E-state index contributed by atoms with van der Waals surface area (Å²) in [4.78, 5) is 20.8. The zero-order chi connectivity index (χ0) is 28.4. The molecule has 1 atom stereocenters. The lowest BCUT2D eigenvalue weighted by atomic mass is 9.94. The molecule has 10 heteroatoms. The van der Waals surface area contributed by atoms with E-state index in [1.165, 1.54) is 36.4 Å². The molecule has 5 aromatic rings. The zero-order valence-electron chi connectivity index (χ0n) is 21.0. The van der Waals surface area contributed by atoms with Crippen LogP contribution in [-0.2, 0) is 24.2 Å². The number of amides is 1. The van der Waals surface area contributed by atoms with E-state index in [0.717, 1.165) is 18.2 Å². The molecule has 2 aromatic heterocycles. The van der Waals surface area contributed by atoms with E-state index in [0.29, 0.717) is 27.6 Å². The molecule has 0 radical (unpaired) electrons. The van der Waals surface area contributed by atoms with Gasteiger partial charge in [0.15, 0.2) is 0 Å². The summed E-state index contributed by atoms with van der Waals surface area (Å²) < 4.78 is 56.1. The summed E-state index contributed by atoms with van der Waals surface area (Å²) in [5.41, 5.74) is 8.75. The number of nitrogens with zero attached hydrogens (tertiary/aromatic N) is 1. The van der Waals surface area contributed by atoms with Gasteiger partial charge in [0.25, 0.3) is 0 Å². The van der Waals surface area contributed by atoms with Crippen LogP contribution in [0.15, 0.2) is 72.9 Å². The van der Waals surface area contributed by atoms with Gasteiger partial charge < -0.3 is 21.1 Å². The van der Waals surface area contributed by atoms with Gasteiger partial charge >= 0.3 is 0 Å². The van der Waals surface area contributed by atoms with Crippen LogP contribution in [0, 0.1) is 23.3 Å². The number of H-pyrrole nitrogens is 1. The van der Waals surface area contributed by atoms with E-state index in [9.17, 15) is 27.5 Å². The fourth-order valence-electron chi connectivity index (χ4n) is 4.76. The average molecular weight is 549 g/mol. The predicted molar refractivity (Wildman–Crippen MR) is 143 cm³/mol. The van der Waals surface area contributed by atoms with Gasteiger partial charge in [0.2, 0.25) is 5.91 Å². The molecule has 0 aliphatic carbocycles. The molecule has 0 bridgehead atoms. The fourth-order valence-corrected chi connectivity index (χ4v) is 4.76. The van der Waals surface area contributed by atoms with Gasteiger partial charge in [-0.15, -0.1) is 0 Å². The number of hydrogen-bond donors (Lipinski definition) is 4. The van der Waals surface area contributed by atoms with Gasteiger partial charge in [0.05, 0.1) is 24.8 Å². The van der Waals surface area contributed by atoms with E-state index in [1.807, 2.05) is 0 Å². The van der Waals surface area contributed by atoms with E-state index in [1.54, 1.807) is 18.3 Å². The van der Waals surface area contributed by atoms with Crippen LogP contribution >= 0.6 is 0 Å². The number of benzene rings is 3. The van der Waals surface area contributed by atoms with Crippen LogP contribution in [0.3, 0.4) is 0 Å². The summed E-state index contributed by atoms with van der Waals surface area (Å²) >= 11 is 0. The van der Waals surface area contributed by atoms with E-state index in [-0.39, 0.29) is 35.5 Å². The second-order valence-corrected chi connectivity index (χ2v) is 9.42. The highest BCUT2D eigenvalue weighted by Gasteiger charge is 2.23. The number of pyridine rings is 1. The van der Waals surface area contributed by atoms with Crippen LogP contribution in [-0.4, -0.2) is 21.0 Å². The number of anilines is 1. The number of halogens is 4. The van der Waals surface area contributed by atoms with Crippen molar-refractivity contribution in [2.45, 2.75) is 25.5 Å². The summed E-state index contributed by atoms with van der Waals surface area (Å²) in [6, 6.07) is 13.6. The van der Waals surface area contributed by atoms with E-state index >= 15 is 0 Å². The molecule has 0 fully saturated rings. The molecule has 6 nitrogen and oxygen atoms in total. The predicted octanol–water partition coefficient (Wildman–Crippen LogP) is 5.50. The lowest BCUT2D eigenvalue weighted by molar-refractivity contribution is -0.121. The molecular weight excluding hydrogens is 524 g/mol. The van der Waals surface area contributed by atoms with Gasteiger partial charge in [-0.05, 0) is 77.7 Å². The van der Waals surface area contributed by atoms with Crippen molar-refractivity contribution in [1.29, 1.82) is 0 Å².